The minimum atomic E-state index is -2.99. The van der Waals surface area contributed by atoms with E-state index in [-0.39, 0.29) is 0 Å². The molecular formula is C11H22BrNO2S. The Hall–Kier alpha value is 0.390. The van der Waals surface area contributed by atoms with E-state index in [0.717, 1.165) is 37.7 Å². The Morgan fingerprint density at radius 1 is 1.44 bits per heavy atom. The first-order chi connectivity index (χ1) is 7.45. The minimum Gasteiger partial charge on any atom is -0.212 e. The number of hydrogen-bond acceptors (Lipinski definition) is 2. The molecule has 0 aliphatic carbocycles. The zero-order valence-corrected chi connectivity index (χ0v) is 12.6. The summed E-state index contributed by atoms with van der Waals surface area (Å²) in [6, 6.07) is 0. The van der Waals surface area contributed by atoms with E-state index in [0.29, 0.717) is 17.6 Å². The van der Waals surface area contributed by atoms with Gasteiger partial charge in [-0.15, -0.1) is 0 Å². The molecule has 16 heavy (non-hydrogen) atoms. The second-order valence-electron chi connectivity index (χ2n) is 4.99. The largest absolute Gasteiger partial charge is 0.214 e. The molecule has 1 rings (SSSR count). The lowest BCUT2D eigenvalue weighted by atomic mass is 10.1. The maximum Gasteiger partial charge on any atom is 0.214 e. The third-order valence-electron chi connectivity index (χ3n) is 3.11. The maximum atomic E-state index is 12.0. The zero-order valence-electron chi connectivity index (χ0n) is 10.2. The average molecular weight is 312 g/mol. The van der Waals surface area contributed by atoms with E-state index >= 15 is 0 Å². The van der Waals surface area contributed by atoms with Crippen LogP contribution in [0, 0.1) is 11.8 Å². The van der Waals surface area contributed by atoms with Gasteiger partial charge >= 0.3 is 0 Å². The second-order valence-corrected chi connectivity index (χ2v) is 7.87. The van der Waals surface area contributed by atoms with Crippen LogP contribution in [0.15, 0.2) is 0 Å². The lowest BCUT2D eigenvalue weighted by Crippen LogP contribution is -2.31. The fourth-order valence-corrected chi connectivity index (χ4v) is 4.45. The van der Waals surface area contributed by atoms with Crippen molar-refractivity contribution in [3.05, 3.63) is 0 Å². The van der Waals surface area contributed by atoms with Gasteiger partial charge in [-0.2, -0.15) is 0 Å². The summed E-state index contributed by atoms with van der Waals surface area (Å²) in [5, 5.41) is 0.970. The Kier molecular flexibility index (Phi) is 5.74. The first kappa shape index (κ1) is 14.5. The van der Waals surface area contributed by atoms with Crippen molar-refractivity contribution in [1.82, 2.24) is 4.31 Å². The molecule has 1 fully saturated rings. The molecule has 0 spiro atoms. The average Bonchev–Trinajstić information content (AvgIpc) is 2.65. The molecule has 1 atom stereocenters. The number of sulfonamides is 1. The summed E-state index contributed by atoms with van der Waals surface area (Å²) < 4.78 is 25.7. The monoisotopic (exact) mass is 311 g/mol. The van der Waals surface area contributed by atoms with Crippen molar-refractivity contribution in [2.24, 2.45) is 11.8 Å². The molecule has 1 unspecified atom stereocenters. The molecule has 0 bridgehead atoms. The number of alkyl halides is 1. The molecule has 5 heteroatoms. The topological polar surface area (TPSA) is 37.4 Å². The van der Waals surface area contributed by atoms with Crippen LogP contribution in [-0.4, -0.2) is 36.9 Å². The molecule has 1 aliphatic heterocycles. The Bertz CT molecular complexity index is 303. The molecule has 0 aromatic carbocycles. The van der Waals surface area contributed by atoms with Crippen molar-refractivity contribution in [3.63, 3.8) is 0 Å². The minimum absolute atomic E-state index is 0.311. The van der Waals surface area contributed by atoms with E-state index < -0.39 is 10.0 Å². The fraction of sp³-hybridized carbons (Fsp3) is 1.00. The van der Waals surface area contributed by atoms with Gasteiger partial charge in [-0.3, -0.25) is 0 Å². The molecule has 3 nitrogen and oxygen atoms in total. The van der Waals surface area contributed by atoms with E-state index in [1.165, 1.54) is 0 Å². The van der Waals surface area contributed by atoms with E-state index in [1.807, 2.05) is 0 Å². The third-order valence-corrected chi connectivity index (χ3v) is 5.44. The first-order valence-corrected chi connectivity index (χ1v) is 8.72. The SMILES string of the molecule is CC(C)CCS(=O)(=O)N1CCC(CCBr)C1. The van der Waals surface area contributed by atoms with Crippen molar-refractivity contribution >= 4 is 26.0 Å². The van der Waals surface area contributed by atoms with Crippen LogP contribution in [0.2, 0.25) is 0 Å². The molecular weight excluding hydrogens is 290 g/mol. The molecule has 1 heterocycles. The Labute approximate surface area is 108 Å². The summed E-state index contributed by atoms with van der Waals surface area (Å²) >= 11 is 3.41. The van der Waals surface area contributed by atoms with Crippen LogP contribution >= 0.6 is 15.9 Å². The van der Waals surface area contributed by atoms with E-state index in [2.05, 4.69) is 29.8 Å². The normalized spacial score (nSPS) is 23.1. The second kappa shape index (κ2) is 6.36. The molecule has 0 radical (unpaired) electrons. The molecule has 0 aromatic rings. The molecule has 0 amide bonds. The Morgan fingerprint density at radius 3 is 2.69 bits per heavy atom. The molecule has 0 saturated carbocycles. The summed E-state index contributed by atoms with van der Waals surface area (Å²) in [6.07, 6.45) is 2.87. The lowest BCUT2D eigenvalue weighted by molar-refractivity contribution is 0.449. The van der Waals surface area contributed by atoms with Crippen molar-refractivity contribution in [2.45, 2.75) is 33.1 Å². The van der Waals surface area contributed by atoms with Crippen molar-refractivity contribution in [3.8, 4) is 0 Å². The highest BCUT2D eigenvalue weighted by Crippen LogP contribution is 2.23. The van der Waals surface area contributed by atoms with Gasteiger partial charge in [-0.25, -0.2) is 12.7 Å². The van der Waals surface area contributed by atoms with E-state index in [4.69, 9.17) is 0 Å². The summed E-state index contributed by atoms with van der Waals surface area (Å²) in [4.78, 5) is 0. The first-order valence-electron chi connectivity index (χ1n) is 5.99. The number of rotatable bonds is 6. The van der Waals surface area contributed by atoms with Crippen LogP contribution in [0.5, 0.6) is 0 Å². The summed E-state index contributed by atoms with van der Waals surface area (Å²) in [5.74, 6) is 1.31. The van der Waals surface area contributed by atoms with Crippen LogP contribution in [0.4, 0.5) is 0 Å². The van der Waals surface area contributed by atoms with Crippen LogP contribution in [0.1, 0.15) is 33.1 Å². The molecule has 1 aliphatic rings. The number of hydrogen-bond donors (Lipinski definition) is 0. The summed E-state index contributed by atoms with van der Waals surface area (Å²) in [7, 11) is -2.99. The van der Waals surface area contributed by atoms with Gasteiger partial charge in [0.2, 0.25) is 10.0 Å². The van der Waals surface area contributed by atoms with Gasteiger partial charge in [-0.1, -0.05) is 29.8 Å². The number of nitrogens with zero attached hydrogens (tertiary/aromatic N) is 1. The van der Waals surface area contributed by atoms with Gasteiger partial charge in [0.1, 0.15) is 0 Å². The molecule has 96 valence electrons. The van der Waals surface area contributed by atoms with Crippen LogP contribution in [0.3, 0.4) is 0 Å². The fourth-order valence-electron chi connectivity index (χ4n) is 1.95. The van der Waals surface area contributed by atoms with Crippen molar-refractivity contribution < 1.29 is 8.42 Å². The summed E-state index contributed by atoms with van der Waals surface area (Å²) in [5.41, 5.74) is 0. The molecule has 0 aromatic heterocycles. The summed E-state index contributed by atoms with van der Waals surface area (Å²) in [6.45, 7) is 5.57. The van der Waals surface area contributed by atoms with E-state index in [1.54, 1.807) is 4.31 Å². The number of halogens is 1. The van der Waals surface area contributed by atoms with Gasteiger partial charge in [0.15, 0.2) is 0 Å². The maximum absolute atomic E-state index is 12.0. The highest BCUT2D eigenvalue weighted by atomic mass is 79.9. The van der Waals surface area contributed by atoms with Gasteiger partial charge < -0.3 is 0 Å². The van der Waals surface area contributed by atoms with Crippen LogP contribution in [0.25, 0.3) is 0 Å². The van der Waals surface area contributed by atoms with Crippen LogP contribution in [-0.2, 0) is 10.0 Å². The van der Waals surface area contributed by atoms with Crippen molar-refractivity contribution in [1.29, 1.82) is 0 Å². The molecule has 1 saturated heterocycles. The van der Waals surface area contributed by atoms with Gasteiger partial charge in [0.05, 0.1) is 5.75 Å². The predicted octanol–water partition coefficient (Wildman–Crippen LogP) is 2.47. The standard InChI is InChI=1S/C11H22BrNO2S/c1-10(2)5-8-16(14,15)13-7-4-11(9-13)3-6-12/h10-11H,3-9H2,1-2H3. The van der Waals surface area contributed by atoms with E-state index in [9.17, 15) is 8.42 Å². The quantitative estimate of drug-likeness (QED) is 0.707. The van der Waals surface area contributed by atoms with Gasteiger partial charge in [0, 0.05) is 18.4 Å². The molecule has 0 N–H and O–H groups in total. The highest BCUT2D eigenvalue weighted by molar-refractivity contribution is 9.09. The Balaban J connectivity index is 2.45. The van der Waals surface area contributed by atoms with Crippen LogP contribution < -0.4 is 0 Å². The van der Waals surface area contributed by atoms with Gasteiger partial charge in [0.25, 0.3) is 0 Å². The predicted molar refractivity (Wildman–Crippen MR) is 71.3 cm³/mol. The van der Waals surface area contributed by atoms with Crippen molar-refractivity contribution in [2.75, 3.05) is 24.2 Å². The zero-order chi connectivity index (χ0) is 12.2. The highest BCUT2D eigenvalue weighted by Gasteiger charge is 2.30. The van der Waals surface area contributed by atoms with Gasteiger partial charge in [-0.05, 0) is 31.1 Å². The Morgan fingerprint density at radius 2 is 2.12 bits per heavy atom. The third kappa shape index (κ3) is 4.34. The smallest absolute Gasteiger partial charge is 0.212 e. The lowest BCUT2D eigenvalue weighted by Gasteiger charge is -2.17.